The van der Waals surface area contributed by atoms with Gasteiger partial charge < -0.3 is 0 Å². The van der Waals surface area contributed by atoms with Gasteiger partial charge in [-0.15, -0.1) is 6.42 Å². The van der Waals surface area contributed by atoms with Crippen molar-refractivity contribution < 1.29 is 0 Å². The molecule has 0 atom stereocenters. The summed E-state index contributed by atoms with van der Waals surface area (Å²) in [6, 6.07) is 7.98. The van der Waals surface area contributed by atoms with Crippen LogP contribution in [-0.2, 0) is 0 Å². The molecule has 0 unspecified atom stereocenters. The highest BCUT2D eigenvalue weighted by atomic mass is 14.9. The summed E-state index contributed by atoms with van der Waals surface area (Å²) in [5, 5.41) is 18.9. The number of benzene rings is 1. The Morgan fingerprint density at radius 3 is 1.53 bits per heavy atom. The summed E-state index contributed by atoms with van der Waals surface area (Å²) < 4.78 is 0. The second kappa shape index (κ2) is 15.8. The third-order valence-corrected chi connectivity index (χ3v) is 3.13. The lowest BCUT2D eigenvalue weighted by atomic mass is 10.1. The summed E-state index contributed by atoms with van der Waals surface area (Å²) in [5.74, 6) is 41.5. The minimum atomic E-state index is -0.156. The smallest absolute Gasteiger partial charge is 0.192 e. The molecule has 0 saturated carbocycles. The minimum Gasteiger partial charge on any atom is -0.192 e. The fourth-order valence-corrected chi connectivity index (χ4v) is 1.85. The van der Waals surface area contributed by atoms with Crippen molar-refractivity contribution >= 4 is 11.4 Å². The second-order valence-corrected chi connectivity index (χ2v) is 5.05. The van der Waals surface area contributed by atoms with E-state index in [0.717, 1.165) is 0 Å². The SMILES string of the molecule is [C-]#[N+]C([N+]#[C-])=c1ccc(=C(C#N)C#N)c(C#CC#CC#CC#CC#CC#CC#CC#CC#C)c1. The van der Waals surface area contributed by atoms with Crippen LogP contribution in [0.15, 0.2) is 18.2 Å². The van der Waals surface area contributed by atoms with Crippen LogP contribution >= 0.6 is 0 Å². The molecular weight excluding hydrogens is 416 g/mol. The number of hydrogen-bond acceptors (Lipinski definition) is 2. The summed E-state index contributed by atoms with van der Waals surface area (Å²) in [7, 11) is 0. The van der Waals surface area contributed by atoms with Gasteiger partial charge in [0.25, 0.3) is 0 Å². The van der Waals surface area contributed by atoms with Gasteiger partial charge >= 0.3 is 5.82 Å². The van der Waals surface area contributed by atoms with E-state index >= 15 is 0 Å². The molecule has 0 N–H and O–H groups in total. The van der Waals surface area contributed by atoms with Crippen molar-refractivity contribution in [2.75, 3.05) is 0 Å². The van der Waals surface area contributed by atoms with Crippen molar-refractivity contribution in [2.24, 2.45) is 0 Å². The molecule has 0 radical (unpaired) electrons. The Kier molecular flexibility index (Phi) is 11.6. The van der Waals surface area contributed by atoms with Gasteiger partial charge in [-0.3, -0.25) is 0 Å². The minimum absolute atomic E-state index is 0.151. The fourth-order valence-electron chi connectivity index (χ4n) is 1.85. The van der Waals surface area contributed by atoms with Crippen LogP contribution in [0, 0.1) is 143 Å². The van der Waals surface area contributed by atoms with Crippen molar-refractivity contribution in [3.8, 4) is 119 Å². The van der Waals surface area contributed by atoms with Crippen LogP contribution in [0.1, 0.15) is 5.56 Å². The number of terminal acetylenes is 1. The molecule has 4 heteroatoms. The topological polar surface area (TPSA) is 56.3 Å². The van der Waals surface area contributed by atoms with E-state index in [4.69, 9.17) is 30.1 Å². The Labute approximate surface area is 198 Å². The van der Waals surface area contributed by atoms with Crippen LogP contribution in [0.4, 0.5) is 0 Å². The Balaban J connectivity index is 3.12. The standard InChI is InChI=1S/C30H4N4/c1-4-5-6-7-8-9-10-11-12-13-14-15-16-17-18-19-20-26-23-27(30(33-2)34-3)21-22-29(26)28(24-31)25-32/h1,21-23H. The van der Waals surface area contributed by atoms with E-state index in [1.54, 1.807) is 12.1 Å². The molecule has 0 amide bonds. The molecule has 1 aromatic carbocycles. The third kappa shape index (κ3) is 8.97. The van der Waals surface area contributed by atoms with E-state index in [0.29, 0.717) is 5.22 Å². The Morgan fingerprint density at radius 2 is 1.12 bits per heavy atom. The fraction of sp³-hybridized carbons (Fsp3) is 0. The molecule has 144 valence electrons. The molecule has 1 aromatic rings. The first kappa shape index (κ1) is 25.0. The Bertz CT molecular complexity index is 1860. The van der Waals surface area contributed by atoms with Gasteiger partial charge in [-0.1, -0.05) is 18.1 Å². The van der Waals surface area contributed by atoms with Gasteiger partial charge in [0.1, 0.15) is 30.9 Å². The van der Waals surface area contributed by atoms with Crippen molar-refractivity contribution in [1.82, 2.24) is 0 Å². The van der Waals surface area contributed by atoms with E-state index < -0.39 is 0 Å². The predicted octanol–water partition coefficient (Wildman–Crippen LogP) is 0.797. The van der Waals surface area contributed by atoms with Gasteiger partial charge in [0, 0.05) is 10.8 Å². The predicted molar refractivity (Wildman–Crippen MR) is 127 cm³/mol. The summed E-state index contributed by atoms with van der Waals surface area (Å²) in [5.41, 5.74) is 0.132. The molecule has 0 saturated heterocycles. The molecule has 1 rings (SSSR count). The van der Waals surface area contributed by atoms with Crippen molar-refractivity contribution in [1.29, 1.82) is 10.5 Å². The first-order chi connectivity index (χ1) is 16.7. The van der Waals surface area contributed by atoms with Crippen molar-refractivity contribution in [2.45, 2.75) is 0 Å². The Morgan fingerprint density at radius 1 is 0.676 bits per heavy atom. The van der Waals surface area contributed by atoms with Gasteiger partial charge in [-0.05, 0) is 101 Å². The zero-order valence-electron chi connectivity index (χ0n) is 17.1. The van der Waals surface area contributed by atoms with Gasteiger partial charge in [-0.2, -0.15) is 20.2 Å². The normalized spacial score (nSPS) is 5.97. The lowest BCUT2D eigenvalue weighted by Gasteiger charge is -1.93. The van der Waals surface area contributed by atoms with Crippen LogP contribution < -0.4 is 10.4 Å². The molecule has 0 heterocycles. The highest BCUT2D eigenvalue weighted by Gasteiger charge is 2.06. The van der Waals surface area contributed by atoms with Crippen molar-refractivity contribution in [3.05, 3.63) is 57.0 Å². The zero-order valence-corrected chi connectivity index (χ0v) is 17.1. The van der Waals surface area contributed by atoms with E-state index in [9.17, 15) is 0 Å². The average molecular weight is 420 g/mol. The van der Waals surface area contributed by atoms with Crippen LogP contribution in [-0.4, -0.2) is 0 Å². The molecule has 0 aromatic heterocycles. The monoisotopic (exact) mass is 420 g/mol. The van der Waals surface area contributed by atoms with E-state index in [1.165, 1.54) is 18.2 Å². The number of rotatable bonds is 0. The first-order valence-electron chi connectivity index (χ1n) is 8.62. The maximum atomic E-state index is 9.13. The molecule has 0 aliphatic rings. The maximum Gasteiger partial charge on any atom is 0.526 e. The molecule has 0 fully saturated rings. The molecular formula is C30H4N4. The van der Waals surface area contributed by atoms with Gasteiger partial charge in [-0.25, -0.2) is 0 Å². The summed E-state index contributed by atoms with van der Waals surface area (Å²) in [6.07, 6.45) is 4.93. The zero-order chi connectivity index (χ0) is 24.9. The van der Waals surface area contributed by atoms with E-state index in [2.05, 4.69) is 110 Å². The van der Waals surface area contributed by atoms with Gasteiger partial charge in [0.15, 0.2) is 0 Å². The first-order valence-corrected chi connectivity index (χ1v) is 8.62. The van der Waals surface area contributed by atoms with Crippen LogP contribution in [0.2, 0.25) is 0 Å². The molecule has 0 aliphatic carbocycles. The van der Waals surface area contributed by atoms with Gasteiger partial charge in [0.05, 0.1) is 5.22 Å². The third-order valence-electron chi connectivity index (χ3n) is 3.13. The molecule has 0 aliphatic heterocycles. The lowest BCUT2D eigenvalue weighted by Crippen LogP contribution is -2.16. The average Bonchev–Trinajstić information content (AvgIpc) is 2.86. The van der Waals surface area contributed by atoms with Crippen LogP contribution in [0.3, 0.4) is 0 Å². The summed E-state index contributed by atoms with van der Waals surface area (Å²) in [6.45, 7) is 14.1. The molecule has 34 heavy (non-hydrogen) atoms. The van der Waals surface area contributed by atoms with Crippen LogP contribution in [0.25, 0.3) is 21.1 Å². The molecule has 4 nitrogen and oxygen atoms in total. The summed E-state index contributed by atoms with van der Waals surface area (Å²) in [4.78, 5) is 6.29. The summed E-state index contributed by atoms with van der Waals surface area (Å²) >= 11 is 0. The van der Waals surface area contributed by atoms with Crippen molar-refractivity contribution in [3.63, 3.8) is 0 Å². The lowest BCUT2D eigenvalue weighted by molar-refractivity contribution is 1.45. The number of hydrogen-bond donors (Lipinski definition) is 0. The van der Waals surface area contributed by atoms with Crippen LogP contribution in [0.5, 0.6) is 0 Å². The maximum absolute atomic E-state index is 9.13. The molecule has 0 spiro atoms. The molecule has 0 bridgehead atoms. The van der Waals surface area contributed by atoms with E-state index in [1.807, 2.05) is 0 Å². The van der Waals surface area contributed by atoms with Gasteiger partial charge in [0.2, 0.25) is 0 Å². The largest absolute Gasteiger partial charge is 0.526 e. The highest BCUT2D eigenvalue weighted by molar-refractivity contribution is 5.74. The quantitative estimate of drug-likeness (QED) is 0.461. The highest BCUT2D eigenvalue weighted by Crippen LogP contribution is 1.98. The van der Waals surface area contributed by atoms with E-state index in [-0.39, 0.29) is 22.2 Å². The Hall–Kier alpha value is -7.04. The number of nitriles is 2. The number of nitrogens with zero attached hydrogens (tertiary/aromatic N) is 4. The second-order valence-electron chi connectivity index (χ2n) is 5.05.